The molecule has 0 atom stereocenters. The zero-order chi connectivity index (χ0) is 21.3. The zero-order valence-corrected chi connectivity index (χ0v) is 17.2. The van der Waals surface area contributed by atoms with E-state index in [1.165, 1.54) is 6.92 Å². The minimum atomic E-state index is -0.312. The molecule has 0 amide bonds. The molecule has 0 radical (unpaired) electrons. The van der Waals surface area contributed by atoms with Gasteiger partial charge in [-0.25, -0.2) is 4.98 Å². The summed E-state index contributed by atoms with van der Waals surface area (Å²) in [7, 11) is 0. The lowest BCUT2D eigenvalue weighted by Gasteiger charge is -2.35. The van der Waals surface area contributed by atoms with Crippen LogP contribution in [0.2, 0.25) is 0 Å². The lowest BCUT2D eigenvalue weighted by atomic mass is 10.1. The molecule has 0 N–H and O–H groups in total. The molecule has 0 spiro atoms. The monoisotopic (exact) mass is 406 g/mol. The number of pyridine rings is 1. The van der Waals surface area contributed by atoms with Gasteiger partial charge in [0, 0.05) is 38.2 Å². The number of ether oxygens (including phenoxy) is 1. The number of esters is 1. The lowest BCUT2D eigenvalue weighted by Crippen LogP contribution is -2.47. The van der Waals surface area contributed by atoms with Crippen LogP contribution in [0.3, 0.4) is 0 Å². The highest BCUT2D eigenvalue weighted by atomic mass is 16.5. The lowest BCUT2D eigenvalue weighted by molar-refractivity contribution is -0.147. The van der Waals surface area contributed by atoms with Crippen molar-refractivity contribution in [2.75, 3.05) is 44.2 Å². The number of Topliss-reactive ketones (excluding diaryl/α,β-unsaturated/α-hetero) is 1. The molecule has 1 aromatic heterocycles. The molecule has 7 heteroatoms. The number of piperazine rings is 1. The van der Waals surface area contributed by atoms with E-state index in [9.17, 15) is 9.59 Å². The van der Waals surface area contributed by atoms with E-state index in [0.29, 0.717) is 12.0 Å². The Kier molecular flexibility index (Phi) is 7.52. The largest absolute Gasteiger partial charge is 0.458 e. The van der Waals surface area contributed by atoms with Crippen molar-refractivity contribution in [1.82, 2.24) is 9.88 Å². The van der Waals surface area contributed by atoms with Crippen molar-refractivity contribution in [2.24, 2.45) is 0 Å². The zero-order valence-electron chi connectivity index (χ0n) is 17.2. The molecule has 7 nitrogen and oxygen atoms in total. The number of anilines is 1. The van der Waals surface area contributed by atoms with Gasteiger partial charge >= 0.3 is 5.97 Å². The maximum absolute atomic E-state index is 11.6. The standard InChI is InChI=1S/C23H26N4O3/c1-18(28)17-30-23(29)6-3-11-26-12-14-27(15-13-26)22-5-2-4-21(25-22)20-9-7-19(16-24)8-10-20/h2,4-5,7-10H,3,6,11-15,17H2,1H3. The fourth-order valence-corrected chi connectivity index (χ4v) is 3.38. The number of hydrogen-bond donors (Lipinski definition) is 0. The Morgan fingerprint density at radius 2 is 1.83 bits per heavy atom. The molecule has 30 heavy (non-hydrogen) atoms. The Morgan fingerprint density at radius 1 is 1.10 bits per heavy atom. The van der Waals surface area contributed by atoms with Crippen molar-refractivity contribution in [3.8, 4) is 17.3 Å². The fourth-order valence-electron chi connectivity index (χ4n) is 3.38. The minimum absolute atomic E-state index is 0.133. The summed E-state index contributed by atoms with van der Waals surface area (Å²) >= 11 is 0. The number of ketones is 1. The SMILES string of the molecule is CC(=O)COC(=O)CCCN1CCN(c2cccc(-c3ccc(C#N)cc3)n2)CC1. The first-order valence-electron chi connectivity index (χ1n) is 10.1. The Bertz CT molecular complexity index is 913. The van der Waals surface area contributed by atoms with Crippen LogP contribution in [0.5, 0.6) is 0 Å². The van der Waals surface area contributed by atoms with Crippen LogP contribution in [0.15, 0.2) is 42.5 Å². The summed E-state index contributed by atoms with van der Waals surface area (Å²) in [6, 6.07) is 15.6. The second-order valence-corrected chi connectivity index (χ2v) is 7.37. The number of benzene rings is 1. The molecular weight excluding hydrogens is 380 g/mol. The Balaban J connectivity index is 1.47. The molecule has 1 fully saturated rings. The topological polar surface area (TPSA) is 86.5 Å². The smallest absolute Gasteiger partial charge is 0.306 e. The Labute approximate surface area is 176 Å². The van der Waals surface area contributed by atoms with Crippen LogP contribution in [0.1, 0.15) is 25.3 Å². The summed E-state index contributed by atoms with van der Waals surface area (Å²) < 4.78 is 4.89. The number of nitriles is 1. The Hall–Kier alpha value is -3.24. The van der Waals surface area contributed by atoms with Crippen molar-refractivity contribution in [1.29, 1.82) is 5.26 Å². The predicted molar refractivity (Wildman–Crippen MR) is 114 cm³/mol. The van der Waals surface area contributed by atoms with Gasteiger partial charge in [-0.1, -0.05) is 18.2 Å². The molecule has 3 rings (SSSR count). The molecule has 1 aliphatic rings. The van der Waals surface area contributed by atoms with Gasteiger partial charge in [-0.3, -0.25) is 14.5 Å². The highest BCUT2D eigenvalue weighted by molar-refractivity contribution is 5.80. The van der Waals surface area contributed by atoms with E-state index in [1.54, 1.807) is 12.1 Å². The molecule has 2 heterocycles. The van der Waals surface area contributed by atoms with Crippen LogP contribution in [0, 0.1) is 11.3 Å². The first kappa shape index (κ1) is 21.5. The third-order valence-corrected chi connectivity index (χ3v) is 5.03. The number of carbonyl (C=O) groups is 2. The summed E-state index contributed by atoms with van der Waals surface area (Å²) in [5, 5.41) is 8.95. The van der Waals surface area contributed by atoms with Crippen LogP contribution in [-0.4, -0.2) is 61.0 Å². The predicted octanol–water partition coefficient (Wildman–Crippen LogP) is 2.65. The van der Waals surface area contributed by atoms with Gasteiger partial charge in [-0.05, 0) is 44.2 Å². The molecule has 0 unspecified atom stereocenters. The molecule has 1 aromatic carbocycles. The van der Waals surface area contributed by atoms with Gasteiger partial charge in [0.2, 0.25) is 0 Å². The second kappa shape index (κ2) is 10.5. The van der Waals surface area contributed by atoms with Gasteiger partial charge in [-0.15, -0.1) is 0 Å². The maximum Gasteiger partial charge on any atom is 0.306 e. The molecule has 0 bridgehead atoms. The number of nitrogens with zero attached hydrogens (tertiary/aromatic N) is 4. The second-order valence-electron chi connectivity index (χ2n) is 7.37. The molecule has 1 aliphatic heterocycles. The van der Waals surface area contributed by atoms with Gasteiger partial charge < -0.3 is 9.64 Å². The van der Waals surface area contributed by atoms with E-state index in [0.717, 1.165) is 56.2 Å². The maximum atomic E-state index is 11.6. The minimum Gasteiger partial charge on any atom is -0.458 e. The summed E-state index contributed by atoms with van der Waals surface area (Å²) in [4.78, 5) is 31.8. The molecule has 2 aromatic rings. The summed E-state index contributed by atoms with van der Waals surface area (Å²) in [5.41, 5.74) is 2.52. The van der Waals surface area contributed by atoms with Gasteiger partial charge in [0.25, 0.3) is 0 Å². The van der Waals surface area contributed by atoms with Crippen LogP contribution >= 0.6 is 0 Å². The number of hydrogen-bond acceptors (Lipinski definition) is 7. The van der Waals surface area contributed by atoms with Crippen LogP contribution in [0.25, 0.3) is 11.3 Å². The highest BCUT2D eigenvalue weighted by Gasteiger charge is 2.18. The third kappa shape index (κ3) is 6.13. The third-order valence-electron chi connectivity index (χ3n) is 5.03. The van der Waals surface area contributed by atoms with Crippen LogP contribution < -0.4 is 4.90 Å². The quantitative estimate of drug-likeness (QED) is 0.623. The first-order chi connectivity index (χ1) is 14.5. The van der Waals surface area contributed by atoms with E-state index in [2.05, 4.69) is 15.9 Å². The summed E-state index contributed by atoms with van der Waals surface area (Å²) in [5.74, 6) is 0.494. The fraction of sp³-hybridized carbons (Fsp3) is 0.391. The van der Waals surface area contributed by atoms with E-state index < -0.39 is 0 Å². The van der Waals surface area contributed by atoms with E-state index in [1.807, 2.05) is 30.3 Å². The average Bonchev–Trinajstić information content (AvgIpc) is 2.78. The van der Waals surface area contributed by atoms with Gasteiger partial charge in [0.15, 0.2) is 5.78 Å². The number of carbonyl (C=O) groups excluding carboxylic acids is 2. The van der Waals surface area contributed by atoms with E-state index >= 15 is 0 Å². The Morgan fingerprint density at radius 3 is 2.50 bits per heavy atom. The van der Waals surface area contributed by atoms with Crippen molar-refractivity contribution in [3.63, 3.8) is 0 Å². The number of rotatable bonds is 8. The van der Waals surface area contributed by atoms with Gasteiger partial charge in [0.1, 0.15) is 12.4 Å². The van der Waals surface area contributed by atoms with Gasteiger partial charge in [-0.2, -0.15) is 5.26 Å². The van der Waals surface area contributed by atoms with E-state index in [-0.39, 0.29) is 18.4 Å². The van der Waals surface area contributed by atoms with Crippen molar-refractivity contribution in [3.05, 3.63) is 48.0 Å². The van der Waals surface area contributed by atoms with Crippen molar-refractivity contribution in [2.45, 2.75) is 19.8 Å². The molecule has 0 aliphatic carbocycles. The van der Waals surface area contributed by atoms with E-state index in [4.69, 9.17) is 15.0 Å². The first-order valence-corrected chi connectivity index (χ1v) is 10.1. The molecule has 156 valence electrons. The normalized spacial score (nSPS) is 14.2. The van der Waals surface area contributed by atoms with Crippen molar-refractivity contribution < 1.29 is 14.3 Å². The van der Waals surface area contributed by atoms with Crippen LogP contribution in [0.4, 0.5) is 5.82 Å². The molecule has 1 saturated heterocycles. The summed E-state index contributed by atoms with van der Waals surface area (Å²) in [6.45, 7) is 5.67. The number of aromatic nitrogens is 1. The molecular formula is C23H26N4O3. The molecule has 0 saturated carbocycles. The van der Waals surface area contributed by atoms with Crippen molar-refractivity contribution >= 4 is 17.6 Å². The summed E-state index contributed by atoms with van der Waals surface area (Å²) in [6.07, 6.45) is 1.06. The van der Waals surface area contributed by atoms with Crippen LogP contribution in [-0.2, 0) is 14.3 Å². The average molecular weight is 406 g/mol. The van der Waals surface area contributed by atoms with Gasteiger partial charge in [0.05, 0.1) is 17.3 Å². The highest BCUT2D eigenvalue weighted by Crippen LogP contribution is 2.22.